The first-order chi connectivity index (χ1) is 20.3. The van der Waals surface area contributed by atoms with Crippen molar-refractivity contribution in [3.63, 3.8) is 0 Å². The summed E-state index contributed by atoms with van der Waals surface area (Å²) in [5.41, 5.74) is -6.67. The first-order valence-electron chi connectivity index (χ1n) is 12.4. The number of benzene rings is 2. The number of hydrogen-bond acceptors (Lipinski definition) is 3. The number of halogens is 12. The summed E-state index contributed by atoms with van der Waals surface area (Å²) in [6.45, 7) is -0.0387. The van der Waals surface area contributed by atoms with Crippen LogP contribution in [0.15, 0.2) is 53.1 Å². The van der Waals surface area contributed by atoms with E-state index in [4.69, 9.17) is 0 Å². The minimum absolute atomic E-state index is 0.0387. The molecule has 1 heterocycles. The van der Waals surface area contributed by atoms with Crippen LogP contribution in [0.1, 0.15) is 50.6 Å². The normalized spacial score (nSPS) is 14.1. The largest absolute Gasteiger partial charge is 0.418 e. The Bertz CT molecular complexity index is 1550. The maximum absolute atomic E-state index is 15.7. The summed E-state index contributed by atoms with van der Waals surface area (Å²) in [7, 11) is 0. The fraction of sp³-hybridized carbons (Fsp3) is 0.296. The summed E-state index contributed by atoms with van der Waals surface area (Å²) >= 11 is 2.50. The zero-order valence-corrected chi connectivity index (χ0v) is 23.2. The van der Waals surface area contributed by atoms with Gasteiger partial charge >= 0.3 is 18.5 Å². The summed E-state index contributed by atoms with van der Waals surface area (Å²) < 4.78 is 149. The maximum atomic E-state index is 15.7. The molecule has 1 aliphatic carbocycles. The molecule has 44 heavy (non-hydrogen) atoms. The van der Waals surface area contributed by atoms with Crippen LogP contribution in [0.5, 0.6) is 0 Å². The van der Waals surface area contributed by atoms with E-state index >= 15 is 4.39 Å². The standard InChI is InChI=1S/C27H17BrF11N3O2/c28-17-9-14(22(26(34,35)36)27(37,38)39)8-16(25(31,32)33)21(17)41-23(43)15-2-1-3-18(20(15)30)42(11-12-4-5-12)24(44)13-6-7-19(29)40-10-13/h1-3,6-10,12,22H,4-5,11H2,(H,41,43). The van der Waals surface area contributed by atoms with Crippen LogP contribution in [-0.4, -0.2) is 35.7 Å². The molecule has 2 aromatic carbocycles. The molecule has 0 aliphatic heterocycles. The number of carbonyl (C=O) groups is 2. The third-order valence-electron chi connectivity index (χ3n) is 6.52. The third kappa shape index (κ3) is 7.30. The van der Waals surface area contributed by atoms with Gasteiger partial charge in [-0.3, -0.25) is 9.59 Å². The Morgan fingerprint density at radius 1 is 0.955 bits per heavy atom. The van der Waals surface area contributed by atoms with Crippen LogP contribution in [0.25, 0.3) is 0 Å². The van der Waals surface area contributed by atoms with Crippen molar-refractivity contribution in [2.45, 2.75) is 37.3 Å². The molecule has 0 bridgehead atoms. The Hall–Kier alpha value is -3.76. The topological polar surface area (TPSA) is 62.3 Å². The van der Waals surface area contributed by atoms with Gasteiger partial charge in [-0.05, 0) is 76.7 Å². The van der Waals surface area contributed by atoms with Gasteiger partial charge in [0.05, 0.1) is 28.1 Å². The average Bonchev–Trinajstić information content (AvgIpc) is 3.71. The van der Waals surface area contributed by atoms with Crippen molar-refractivity contribution < 1.29 is 57.9 Å². The second kappa shape index (κ2) is 12.0. The van der Waals surface area contributed by atoms with Crippen molar-refractivity contribution in [3.8, 4) is 0 Å². The van der Waals surface area contributed by atoms with Crippen LogP contribution < -0.4 is 10.2 Å². The first-order valence-corrected chi connectivity index (χ1v) is 13.2. The molecule has 1 fully saturated rings. The van der Waals surface area contributed by atoms with Gasteiger partial charge in [0, 0.05) is 17.2 Å². The highest BCUT2D eigenvalue weighted by atomic mass is 79.9. The van der Waals surface area contributed by atoms with Crippen LogP contribution >= 0.6 is 15.9 Å². The number of nitrogens with zero attached hydrogens (tertiary/aromatic N) is 2. The Morgan fingerprint density at radius 3 is 2.11 bits per heavy atom. The minimum atomic E-state index is -6.01. The molecule has 0 saturated heterocycles. The molecule has 1 aromatic heterocycles. The summed E-state index contributed by atoms with van der Waals surface area (Å²) in [5.74, 6) is -8.99. The molecule has 1 saturated carbocycles. The quantitative estimate of drug-likeness (QED) is 0.198. The fourth-order valence-electron chi connectivity index (χ4n) is 4.30. The van der Waals surface area contributed by atoms with Gasteiger partial charge in [-0.25, -0.2) is 9.37 Å². The van der Waals surface area contributed by atoms with E-state index in [2.05, 4.69) is 20.9 Å². The molecule has 3 aromatic rings. The maximum Gasteiger partial charge on any atom is 0.418 e. The number of alkyl halides is 9. The lowest BCUT2D eigenvalue weighted by molar-refractivity contribution is -0.253. The van der Waals surface area contributed by atoms with Gasteiger partial charge in [0.25, 0.3) is 11.8 Å². The molecule has 0 radical (unpaired) electrons. The number of hydrogen-bond donors (Lipinski definition) is 1. The third-order valence-corrected chi connectivity index (χ3v) is 7.14. The highest BCUT2D eigenvalue weighted by molar-refractivity contribution is 9.10. The predicted molar refractivity (Wildman–Crippen MR) is 137 cm³/mol. The summed E-state index contributed by atoms with van der Waals surface area (Å²) in [5, 5.41) is 1.71. The number of anilines is 2. The van der Waals surface area contributed by atoms with Gasteiger partial charge in [0.2, 0.25) is 5.95 Å². The lowest BCUT2D eigenvalue weighted by atomic mass is 9.95. The zero-order chi connectivity index (χ0) is 32.8. The highest BCUT2D eigenvalue weighted by Gasteiger charge is 2.58. The van der Waals surface area contributed by atoms with Crippen molar-refractivity contribution in [2.75, 3.05) is 16.8 Å². The van der Waals surface area contributed by atoms with Gasteiger partial charge < -0.3 is 10.2 Å². The van der Waals surface area contributed by atoms with Crippen LogP contribution in [0.2, 0.25) is 0 Å². The molecule has 2 amide bonds. The summed E-state index contributed by atoms with van der Waals surface area (Å²) in [6, 6.07) is 4.73. The van der Waals surface area contributed by atoms with E-state index in [-0.39, 0.29) is 24.1 Å². The lowest BCUT2D eigenvalue weighted by Crippen LogP contribution is -2.34. The Labute approximate surface area is 249 Å². The summed E-state index contributed by atoms with van der Waals surface area (Å²) in [6.07, 6.45) is -15.3. The molecule has 4 rings (SSSR count). The monoisotopic (exact) mass is 703 g/mol. The van der Waals surface area contributed by atoms with Crippen molar-refractivity contribution in [1.29, 1.82) is 0 Å². The number of nitrogens with one attached hydrogen (secondary N) is 1. The molecular formula is C27H17BrF11N3O2. The van der Waals surface area contributed by atoms with Crippen LogP contribution in [0.3, 0.4) is 0 Å². The van der Waals surface area contributed by atoms with E-state index in [0.717, 1.165) is 41.4 Å². The van der Waals surface area contributed by atoms with Crippen LogP contribution in [0.4, 0.5) is 59.7 Å². The van der Waals surface area contributed by atoms with Gasteiger partial charge in [0.1, 0.15) is 0 Å². The van der Waals surface area contributed by atoms with Crippen LogP contribution in [-0.2, 0) is 6.18 Å². The van der Waals surface area contributed by atoms with E-state index < -0.39 is 86.6 Å². The second-order valence-electron chi connectivity index (χ2n) is 9.76. The SMILES string of the molecule is O=C(Nc1c(Br)cc(C(C(F)(F)F)C(F)(F)F)cc1C(F)(F)F)c1cccc(N(CC2CC2)C(=O)c2ccc(F)nc2)c1F. The Morgan fingerprint density at radius 2 is 1.59 bits per heavy atom. The van der Waals surface area contributed by atoms with Gasteiger partial charge in [-0.1, -0.05) is 6.07 Å². The number of rotatable bonds is 7. The Balaban J connectivity index is 1.74. The minimum Gasteiger partial charge on any atom is -0.320 e. The zero-order valence-electron chi connectivity index (χ0n) is 21.6. The lowest BCUT2D eigenvalue weighted by Gasteiger charge is -2.26. The molecule has 17 heteroatoms. The van der Waals surface area contributed by atoms with Crippen molar-refractivity contribution in [1.82, 2.24) is 4.98 Å². The highest BCUT2D eigenvalue weighted by Crippen LogP contribution is 2.49. The van der Waals surface area contributed by atoms with Crippen molar-refractivity contribution in [3.05, 3.63) is 87.2 Å². The molecule has 0 unspecified atom stereocenters. The number of amides is 2. The molecule has 0 atom stereocenters. The van der Waals surface area contributed by atoms with Gasteiger partial charge in [-0.2, -0.15) is 43.9 Å². The predicted octanol–water partition coefficient (Wildman–Crippen LogP) is 8.66. The molecule has 5 nitrogen and oxygen atoms in total. The number of carbonyl (C=O) groups excluding carboxylic acids is 2. The van der Waals surface area contributed by atoms with Crippen LogP contribution in [0, 0.1) is 17.7 Å². The molecule has 236 valence electrons. The van der Waals surface area contributed by atoms with E-state index in [0.29, 0.717) is 12.8 Å². The smallest absolute Gasteiger partial charge is 0.320 e. The first kappa shape index (κ1) is 33.1. The van der Waals surface area contributed by atoms with E-state index in [1.54, 1.807) is 5.32 Å². The molecule has 1 N–H and O–H groups in total. The van der Waals surface area contributed by atoms with Crippen molar-refractivity contribution >= 4 is 39.1 Å². The van der Waals surface area contributed by atoms with E-state index in [1.807, 2.05) is 0 Å². The second-order valence-corrected chi connectivity index (χ2v) is 10.6. The average molecular weight is 704 g/mol. The van der Waals surface area contributed by atoms with E-state index in [9.17, 15) is 53.5 Å². The fourth-order valence-corrected chi connectivity index (χ4v) is 4.88. The molecular weight excluding hydrogens is 687 g/mol. The van der Waals surface area contributed by atoms with Gasteiger partial charge in [0.15, 0.2) is 11.7 Å². The summed E-state index contributed by atoms with van der Waals surface area (Å²) in [4.78, 5) is 30.5. The number of aromatic nitrogens is 1. The molecule has 0 spiro atoms. The Kier molecular flexibility index (Phi) is 9.01. The molecule has 1 aliphatic rings. The van der Waals surface area contributed by atoms with E-state index in [1.165, 1.54) is 0 Å². The number of pyridine rings is 1. The van der Waals surface area contributed by atoms with Crippen molar-refractivity contribution in [2.24, 2.45) is 5.92 Å². The van der Waals surface area contributed by atoms with Gasteiger partial charge in [-0.15, -0.1) is 0 Å².